The topological polar surface area (TPSA) is 68.5 Å². The Morgan fingerprint density at radius 3 is 2.52 bits per heavy atom. The van der Waals surface area contributed by atoms with E-state index in [1.807, 2.05) is 19.9 Å². The van der Waals surface area contributed by atoms with Crippen LogP contribution in [-0.2, 0) is 16.0 Å². The van der Waals surface area contributed by atoms with Crippen LogP contribution >= 0.6 is 0 Å². The van der Waals surface area contributed by atoms with Crippen LogP contribution in [0, 0.1) is 13.8 Å². The highest BCUT2D eigenvalue weighted by atomic mass is 16.5. The Hall–Kier alpha value is -3.08. The number of fused-ring (bicyclic) bond motifs is 1. The van der Waals surface area contributed by atoms with E-state index in [1.54, 1.807) is 30.5 Å². The van der Waals surface area contributed by atoms with Crippen molar-refractivity contribution < 1.29 is 18.7 Å². The monoisotopic (exact) mass is 337 g/mol. The van der Waals surface area contributed by atoms with Crippen molar-refractivity contribution in [2.24, 2.45) is 0 Å². The molecule has 0 aliphatic carbocycles. The zero-order chi connectivity index (χ0) is 18.0. The molecule has 0 spiro atoms. The molecule has 0 bridgehead atoms. The summed E-state index contributed by atoms with van der Waals surface area (Å²) in [5.74, 6) is -0.554. The maximum absolute atomic E-state index is 12.3. The zero-order valence-electron chi connectivity index (χ0n) is 14.4. The number of carbonyl (C=O) groups is 2. The second-order valence-corrected chi connectivity index (χ2v) is 6.01. The van der Waals surface area contributed by atoms with E-state index in [-0.39, 0.29) is 12.3 Å². The van der Waals surface area contributed by atoms with Gasteiger partial charge in [-0.1, -0.05) is 6.07 Å². The van der Waals surface area contributed by atoms with Crippen LogP contribution in [0.15, 0.2) is 47.1 Å². The van der Waals surface area contributed by atoms with Crippen LogP contribution in [0.1, 0.15) is 27.0 Å². The molecule has 0 saturated heterocycles. The fraction of sp³-hybridized carbons (Fsp3) is 0.200. The van der Waals surface area contributed by atoms with Crippen LogP contribution in [-0.4, -0.2) is 19.0 Å². The fourth-order valence-corrected chi connectivity index (χ4v) is 2.94. The SMILES string of the molecule is COC(=O)c1ccc(NC(=O)Cc2coc3cc(C)cc(C)c23)cc1. The molecule has 0 saturated carbocycles. The molecule has 25 heavy (non-hydrogen) atoms. The van der Waals surface area contributed by atoms with Gasteiger partial charge in [-0.25, -0.2) is 4.79 Å². The van der Waals surface area contributed by atoms with E-state index < -0.39 is 5.97 Å². The highest BCUT2D eigenvalue weighted by Gasteiger charge is 2.13. The summed E-state index contributed by atoms with van der Waals surface area (Å²) in [4.78, 5) is 23.8. The highest BCUT2D eigenvalue weighted by molar-refractivity contribution is 5.97. The molecule has 0 atom stereocenters. The van der Waals surface area contributed by atoms with E-state index in [0.717, 1.165) is 27.7 Å². The number of methoxy groups -OCH3 is 1. The van der Waals surface area contributed by atoms with Crippen molar-refractivity contribution in [2.75, 3.05) is 12.4 Å². The molecule has 3 rings (SSSR count). The first-order valence-electron chi connectivity index (χ1n) is 7.93. The Labute approximate surface area is 145 Å². The predicted molar refractivity (Wildman–Crippen MR) is 95.8 cm³/mol. The third-order valence-electron chi connectivity index (χ3n) is 4.03. The fourth-order valence-electron chi connectivity index (χ4n) is 2.94. The summed E-state index contributed by atoms with van der Waals surface area (Å²) in [6.45, 7) is 4.02. The van der Waals surface area contributed by atoms with E-state index in [0.29, 0.717) is 11.3 Å². The number of esters is 1. The van der Waals surface area contributed by atoms with Gasteiger partial charge in [0, 0.05) is 16.6 Å². The largest absolute Gasteiger partial charge is 0.465 e. The number of aryl methyl sites for hydroxylation is 2. The lowest BCUT2D eigenvalue weighted by atomic mass is 10.0. The molecular weight excluding hydrogens is 318 g/mol. The van der Waals surface area contributed by atoms with Gasteiger partial charge in [0.2, 0.25) is 5.91 Å². The Bertz CT molecular complexity index is 938. The Morgan fingerprint density at radius 2 is 1.84 bits per heavy atom. The van der Waals surface area contributed by atoms with Crippen molar-refractivity contribution in [3.05, 3.63) is 64.9 Å². The average Bonchev–Trinajstić information content (AvgIpc) is 2.97. The van der Waals surface area contributed by atoms with Gasteiger partial charge in [-0.3, -0.25) is 4.79 Å². The summed E-state index contributed by atoms with van der Waals surface area (Å²) < 4.78 is 10.2. The molecule has 5 heteroatoms. The minimum atomic E-state index is -0.409. The van der Waals surface area contributed by atoms with Gasteiger partial charge in [-0.2, -0.15) is 0 Å². The van der Waals surface area contributed by atoms with Gasteiger partial charge in [-0.15, -0.1) is 0 Å². The first-order chi connectivity index (χ1) is 12.0. The van der Waals surface area contributed by atoms with Crippen LogP contribution < -0.4 is 5.32 Å². The average molecular weight is 337 g/mol. The Kier molecular flexibility index (Phi) is 4.57. The first-order valence-corrected chi connectivity index (χ1v) is 7.93. The van der Waals surface area contributed by atoms with Crippen molar-refractivity contribution in [3.63, 3.8) is 0 Å². The van der Waals surface area contributed by atoms with E-state index in [9.17, 15) is 9.59 Å². The lowest BCUT2D eigenvalue weighted by Crippen LogP contribution is -2.14. The third-order valence-corrected chi connectivity index (χ3v) is 4.03. The minimum Gasteiger partial charge on any atom is -0.465 e. The van der Waals surface area contributed by atoms with Crippen LogP contribution in [0.2, 0.25) is 0 Å². The van der Waals surface area contributed by atoms with Crippen LogP contribution in [0.25, 0.3) is 11.0 Å². The van der Waals surface area contributed by atoms with Crippen LogP contribution in [0.4, 0.5) is 5.69 Å². The van der Waals surface area contributed by atoms with E-state index in [1.165, 1.54) is 7.11 Å². The molecule has 0 aliphatic rings. The molecule has 1 heterocycles. The highest BCUT2D eigenvalue weighted by Crippen LogP contribution is 2.26. The molecular formula is C20H19NO4. The summed E-state index contributed by atoms with van der Waals surface area (Å²) >= 11 is 0. The number of furan rings is 1. The standard InChI is InChI=1S/C20H19NO4/c1-12-8-13(2)19-15(11-25-17(19)9-12)10-18(22)21-16-6-4-14(5-7-16)20(23)24-3/h4-9,11H,10H2,1-3H3,(H,21,22). The number of amides is 1. The number of anilines is 1. The van der Waals surface area contributed by atoms with Gasteiger partial charge in [0.1, 0.15) is 5.58 Å². The van der Waals surface area contributed by atoms with Gasteiger partial charge in [0.15, 0.2) is 0 Å². The summed E-state index contributed by atoms with van der Waals surface area (Å²) in [6.07, 6.45) is 1.85. The second kappa shape index (κ2) is 6.81. The Morgan fingerprint density at radius 1 is 1.12 bits per heavy atom. The summed E-state index contributed by atoms with van der Waals surface area (Å²) in [5.41, 5.74) is 4.93. The number of ether oxygens (including phenoxy) is 1. The van der Waals surface area contributed by atoms with E-state index >= 15 is 0 Å². The van der Waals surface area contributed by atoms with Crippen molar-refractivity contribution in [3.8, 4) is 0 Å². The van der Waals surface area contributed by atoms with Gasteiger partial charge in [0.25, 0.3) is 0 Å². The second-order valence-electron chi connectivity index (χ2n) is 6.01. The first kappa shape index (κ1) is 16.8. The van der Waals surface area contributed by atoms with Gasteiger partial charge in [0.05, 0.1) is 25.4 Å². The predicted octanol–water partition coefficient (Wildman–Crippen LogP) is 4.02. The number of hydrogen-bond donors (Lipinski definition) is 1. The molecule has 0 fully saturated rings. The molecule has 1 amide bonds. The Balaban J connectivity index is 1.74. The van der Waals surface area contributed by atoms with Crippen molar-refractivity contribution >= 4 is 28.5 Å². The molecule has 1 N–H and O–H groups in total. The lowest BCUT2D eigenvalue weighted by molar-refractivity contribution is -0.115. The summed E-state index contributed by atoms with van der Waals surface area (Å²) in [5, 5.41) is 3.81. The molecule has 5 nitrogen and oxygen atoms in total. The number of hydrogen-bond acceptors (Lipinski definition) is 4. The number of benzene rings is 2. The third kappa shape index (κ3) is 3.55. The van der Waals surface area contributed by atoms with Crippen molar-refractivity contribution in [1.29, 1.82) is 0 Å². The number of nitrogens with one attached hydrogen (secondary N) is 1. The van der Waals surface area contributed by atoms with Gasteiger partial charge < -0.3 is 14.5 Å². The smallest absolute Gasteiger partial charge is 0.337 e. The van der Waals surface area contributed by atoms with Gasteiger partial charge in [-0.05, 0) is 55.3 Å². The molecule has 0 radical (unpaired) electrons. The zero-order valence-corrected chi connectivity index (χ0v) is 14.4. The van der Waals surface area contributed by atoms with Crippen LogP contribution in [0.5, 0.6) is 0 Å². The summed E-state index contributed by atoms with van der Waals surface area (Å²) in [6, 6.07) is 10.6. The summed E-state index contributed by atoms with van der Waals surface area (Å²) in [7, 11) is 1.33. The van der Waals surface area contributed by atoms with Crippen molar-refractivity contribution in [1.82, 2.24) is 0 Å². The lowest BCUT2D eigenvalue weighted by Gasteiger charge is -2.06. The van der Waals surface area contributed by atoms with Crippen LogP contribution in [0.3, 0.4) is 0 Å². The molecule has 3 aromatic rings. The maximum Gasteiger partial charge on any atom is 0.337 e. The molecule has 128 valence electrons. The van der Waals surface area contributed by atoms with E-state index in [4.69, 9.17) is 4.42 Å². The normalized spacial score (nSPS) is 10.7. The number of carbonyl (C=O) groups excluding carboxylic acids is 2. The molecule has 2 aromatic carbocycles. The quantitative estimate of drug-likeness (QED) is 0.730. The molecule has 1 aromatic heterocycles. The minimum absolute atomic E-state index is 0.145. The molecule has 0 aliphatic heterocycles. The molecule has 0 unspecified atom stereocenters. The maximum atomic E-state index is 12.3. The van der Waals surface area contributed by atoms with Crippen molar-refractivity contribution in [2.45, 2.75) is 20.3 Å². The van der Waals surface area contributed by atoms with E-state index in [2.05, 4.69) is 16.1 Å². The van der Waals surface area contributed by atoms with Gasteiger partial charge >= 0.3 is 5.97 Å². The number of rotatable bonds is 4.